The maximum absolute atomic E-state index is 10.9. The first kappa shape index (κ1) is 20.0. The number of ether oxygens (including phenoxy) is 1. The molecule has 5 nitrogen and oxygen atoms in total. The second-order valence-corrected chi connectivity index (χ2v) is 8.78. The number of para-hydroxylation sites is 1. The van der Waals surface area contributed by atoms with Gasteiger partial charge in [-0.15, -0.1) is 0 Å². The van der Waals surface area contributed by atoms with E-state index in [2.05, 4.69) is 23.1 Å². The first-order chi connectivity index (χ1) is 14.1. The fourth-order valence-electron chi connectivity index (χ4n) is 3.69. The molecule has 7 heteroatoms. The van der Waals surface area contributed by atoms with Crippen LogP contribution in [0.1, 0.15) is 24.8 Å². The minimum atomic E-state index is -0.863. The molecule has 1 aliphatic rings. The van der Waals surface area contributed by atoms with Gasteiger partial charge in [-0.25, -0.2) is 4.98 Å². The zero-order valence-electron chi connectivity index (χ0n) is 16.0. The first-order valence-corrected chi connectivity index (χ1v) is 11.0. The van der Waals surface area contributed by atoms with Gasteiger partial charge >= 0.3 is 5.97 Å². The molecule has 3 aromatic rings. The monoisotopic (exact) mass is 430 g/mol. The summed E-state index contributed by atoms with van der Waals surface area (Å²) >= 11 is 7.95. The van der Waals surface area contributed by atoms with Gasteiger partial charge in [0.1, 0.15) is 5.75 Å². The van der Waals surface area contributed by atoms with Gasteiger partial charge in [-0.3, -0.25) is 4.79 Å². The Morgan fingerprint density at radius 3 is 2.79 bits per heavy atom. The van der Waals surface area contributed by atoms with Gasteiger partial charge in [0.05, 0.1) is 28.3 Å². The van der Waals surface area contributed by atoms with E-state index in [1.165, 1.54) is 4.70 Å². The van der Waals surface area contributed by atoms with Gasteiger partial charge in [-0.1, -0.05) is 41.1 Å². The van der Waals surface area contributed by atoms with Gasteiger partial charge in [0.15, 0.2) is 5.13 Å². The van der Waals surface area contributed by atoms with Crippen LogP contribution in [0.2, 0.25) is 5.02 Å². The maximum atomic E-state index is 10.9. The number of carboxylic acids is 1. The summed E-state index contributed by atoms with van der Waals surface area (Å²) in [5, 5.41) is 10.6. The molecule has 0 saturated carbocycles. The normalized spacial score (nSPS) is 15.0. The number of halogens is 1. The number of carboxylic acid groups (broad SMARTS) is 1. The predicted molar refractivity (Wildman–Crippen MR) is 117 cm³/mol. The van der Waals surface area contributed by atoms with E-state index in [-0.39, 0.29) is 6.42 Å². The summed E-state index contributed by atoms with van der Waals surface area (Å²) in [5.41, 5.74) is 1.77. The van der Waals surface area contributed by atoms with E-state index in [1.807, 2.05) is 6.07 Å². The molecule has 1 N–H and O–H groups in total. The van der Waals surface area contributed by atoms with Crippen molar-refractivity contribution in [1.29, 1.82) is 0 Å². The number of anilines is 1. The fourth-order valence-corrected chi connectivity index (χ4v) is 4.88. The molecule has 1 saturated heterocycles. The molecule has 2 aromatic carbocycles. The van der Waals surface area contributed by atoms with Crippen LogP contribution in [-0.4, -0.2) is 35.8 Å². The fraction of sp³-hybridized carbons (Fsp3) is 0.364. The number of hydrogen-bond acceptors (Lipinski definition) is 5. The molecular weight excluding hydrogens is 408 g/mol. The van der Waals surface area contributed by atoms with E-state index in [9.17, 15) is 4.79 Å². The highest BCUT2D eigenvalue weighted by Gasteiger charge is 2.21. The summed E-state index contributed by atoms with van der Waals surface area (Å²) in [7, 11) is 0. The van der Waals surface area contributed by atoms with Gasteiger partial charge in [0.2, 0.25) is 0 Å². The minimum Gasteiger partial charge on any atom is -0.492 e. The van der Waals surface area contributed by atoms with Crippen LogP contribution in [-0.2, 0) is 11.2 Å². The molecule has 0 amide bonds. The second-order valence-electron chi connectivity index (χ2n) is 7.37. The van der Waals surface area contributed by atoms with Crippen molar-refractivity contribution < 1.29 is 14.6 Å². The largest absolute Gasteiger partial charge is 0.492 e. The molecule has 0 unspecified atom stereocenters. The van der Waals surface area contributed by atoms with E-state index in [0.29, 0.717) is 28.9 Å². The number of thiazole rings is 1. The number of rotatable bonds is 7. The van der Waals surface area contributed by atoms with Crippen LogP contribution in [0.4, 0.5) is 5.13 Å². The summed E-state index contributed by atoms with van der Waals surface area (Å²) < 4.78 is 7.10. The van der Waals surface area contributed by atoms with Crippen molar-refractivity contribution in [2.24, 2.45) is 5.92 Å². The lowest BCUT2D eigenvalue weighted by atomic mass is 9.94. The molecule has 0 radical (unpaired) electrons. The average molecular weight is 431 g/mol. The van der Waals surface area contributed by atoms with E-state index in [0.717, 1.165) is 43.0 Å². The Bertz CT molecular complexity index is 966. The van der Waals surface area contributed by atoms with Gasteiger partial charge in [0, 0.05) is 13.1 Å². The number of hydrogen-bond donors (Lipinski definition) is 1. The Kier molecular flexibility index (Phi) is 6.21. The van der Waals surface area contributed by atoms with Crippen molar-refractivity contribution in [2.75, 3.05) is 24.6 Å². The van der Waals surface area contributed by atoms with Crippen molar-refractivity contribution in [3.63, 3.8) is 0 Å². The van der Waals surface area contributed by atoms with E-state index in [1.54, 1.807) is 29.5 Å². The number of aliphatic carboxylic acids is 1. The number of carbonyl (C=O) groups is 1. The quantitative estimate of drug-likeness (QED) is 0.553. The molecule has 4 rings (SSSR count). The van der Waals surface area contributed by atoms with Crippen LogP contribution in [0.3, 0.4) is 0 Å². The van der Waals surface area contributed by atoms with Crippen LogP contribution >= 0.6 is 22.9 Å². The minimum absolute atomic E-state index is 0.0300. The number of fused-ring (bicyclic) bond motifs is 1. The van der Waals surface area contributed by atoms with Crippen LogP contribution in [0.25, 0.3) is 10.2 Å². The summed E-state index contributed by atoms with van der Waals surface area (Å²) in [6.45, 7) is 2.61. The lowest BCUT2D eigenvalue weighted by Crippen LogP contribution is -2.34. The van der Waals surface area contributed by atoms with Crippen molar-refractivity contribution in [1.82, 2.24) is 4.98 Å². The highest BCUT2D eigenvalue weighted by Crippen LogP contribution is 2.32. The van der Waals surface area contributed by atoms with Gasteiger partial charge in [-0.05, 0) is 55.0 Å². The summed E-state index contributed by atoms with van der Waals surface area (Å²) in [5.74, 6) is 0.317. The lowest BCUT2D eigenvalue weighted by Gasteiger charge is -2.31. The number of aromatic nitrogens is 1. The first-order valence-electron chi connectivity index (χ1n) is 9.82. The molecule has 1 aromatic heterocycles. The molecular formula is C22H23ClN2O3S. The van der Waals surface area contributed by atoms with Crippen molar-refractivity contribution >= 4 is 44.3 Å². The van der Waals surface area contributed by atoms with Crippen LogP contribution in [0.5, 0.6) is 5.75 Å². The molecule has 0 bridgehead atoms. The molecule has 1 fully saturated rings. The van der Waals surface area contributed by atoms with Gasteiger partial charge in [-0.2, -0.15) is 0 Å². The number of benzene rings is 2. The summed E-state index contributed by atoms with van der Waals surface area (Å²) in [6, 6.07) is 13.4. The molecule has 2 heterocycles. The molecule has 0 atom stereocenters. The van der Waals surface area contributed by atoms with Gasteiger partial charge in [0.25, 0.3) is 0 Å². The molecule has 0 aliphatic carbocycles. The van der Waals surface area contributed by atoms with E-state index < -0.39 is 5.97 Å². The van der Waals surface area contributed by atoms with Gasteiger partial charge < -0.3 is 14.7 Å². The third kappa shape index (κ3) is 5.00. The Balaban J connectivity index is 1.26. The second kappa shape index (κ2) is 9.01. The number of nitrogens with zero attached hydrogens (tertiary/aromatic N) is 2. The summed E-state index contributed by atoms with van der Waals surface area (Å²) in [4.78, 5) is 18.0. The Hall–Kier alpha value is -2.31. The highest BCUT2D eigenvalue weighted by atomic mass is 35.5. The van der Waals surface area contributed by atoms with E-state index >= 15 is 0 Å². The Labute approximate surface area is 178 Å². The molecule has 1 aliphatic heterocycles. The lowest BCUT2D eigenvalue weighted by molar-refractivity contribution is -0.136. The standard InChI is InChI=1S/C22H23ClN2O3S/c23-17-6-5-16(14-21(26)27)13-19(17)28-12-9-15-7-10-25(11-8-15)22-24-18-3-1-2-4-20(18)29-22/h1-6,13,15H,7-12,14H2,(H,26,27). The molecule has 152 valence electrons. The predicted octanol–water partition coefficient (Wildman–Crippen LogP) is 5.26. The molecule has 29 heavy (non-hydrogen) atoms. The Morgan fingerprint density at radius 1 is 1.24 bits per heavy atom. The highest BCUT2D eigenvalue weighted by molar-refractivity contribution is 7.22. The maximum Gasteiger partial charge on any atom is 0.307 e. The zero-order valence-corrected chi connectivity index (χ0v) is 17.6. The Morgan fingerprint density at radius 2 is 2.03 bits per heavy atom. The van der Waals surface area contributed by atoms with Crippen molar-refractivity contribution in [2.45, 2.75) is 25.7 Å². The molecule has 0 spiro atoms. The zero-order chi connectivity index (χ0) is 20.2. The van der Waals surface area contributed by atoms with Crippen LogP contribution in [0, 0.1) is 5.92 Å². The summed E-state index contributed by atoms with van der Waals surface area (Å²) in [6.07, 6.45) is 3.17. The van der Waals surface area contributed by atoms with Crippen LogP contribution in [0.15, 0.2) is 42.5 Å². The van der Waals surface area contributed by atoms with Crippen molar-refractivity contribution in [3.8, 4) is 5.75 Å². The van der Waals surface area contributed by atoms with E-state index in [4.69, 9.17) is 26.4 Å². The topological polar surface area (TPSA) is 62.7 Å². The van der Waals surface area contributed by atoms with Crippen molar-refractivity contribution in [3.05, 3.63) is 53.1 Å². The number of piperidine rings is 1. The van der Waals surface area contributed by atoms with Crippen LogP contribution < -0.4 is 9.64 Å². The SMILES string of the molecule is O=C(O)Cc1ccc(Cl)c(OCCC2CCN(c3nc4ccccc4s3)CC2)c1. The third-order valence-corrected chi connectivity index (χ3v) is 6.71. The smallest absolute Gasteiger partial charge is 0.307 e. The average Bonchev–Trinajstić information content (AvgIpc) is 3.15. The third-order valence-electron chi connectivity index (χ3n) is 5.30.